The Morgan fingerprint density at radius 1 is 0.826 bits per heavy atom. The molecule has 0 fully saturated rings. The molecule has 0 aliphatic carbocycles. The minimum absolute atomic E-state index is 0. The maximum atomic E-state index is 11.8. The molecule has 0 amide bonds. The Balaban J connectivity index is -0.00000161. The largest absolute Gasteiger partial charge is 2.00 e. The summed E-state index contributed by atoms with van der Waals surface area (Å²) < 4.78 is 28.7. The molecule has 23 heavy (non-hydrogen) atoms. The van der Waals surface area contributed by atoms with Crippen molar-refractivity contribution in [3.8, 4) is 5.75 Å². The average Bonchev–Trinajstić information content (AvgIpc) is 2.49. The molecule has 0 atom stereocenters. The summed E-state index contributed by atoms with van der Waals surface area (Å²) in [4.78, 5) is 0. The fraction of sp³-hybridized carbons (Fsp3) is 0.667. The van der Waals surface area contributed by atoms with Gasteiger partial charge in [0.15, 0.2) is 0 Å². The summed E-state index contributed by atoms with van der Waals surface area (Å²) in [7, 11) is -3.44. The van der Waals surface area contributed by atoms with Gasteiger partial charge in [0, 0.05) is 0 Å². The Morgan fingerprint density at radius 2 is 1.30 bits per heavy atom. The van der Waals surface area contributed by atoms with E-state index in [0.29, 0.717) is 12.2 Å². The predicted molar refractivity (Wildman–Crippen MR) is 101 cm³/mol. The monoisotopic (exact) mass is 466 g/mol. The van der Waals surface area contributed by atoms with Crippen LogP contribution in [0.2, 0.25) is 0 Å². The van der Waals surface area contributed by atoms with Crippen LogP contribution >= 0.6 is 0 Å². The van der Waals surface area contributed by atoms with Crippen LogP contribution in [0.15, 0.2) is 30.3 Å². The number of rotatable bonds is 13. The number of hydrogen-bond acceptors (Lipinski definition) is 3. The molecule has 0 N–H and O–H groups in total. The van der Waals surface area contributed by atoms with Crippen LogP contribution < -0.4 is 4.18 Å². The van der Waals surface area contributed by atoms with Gasteiger partial charge in [-0.25, -0.2) is 0 Å². The van der Waals surface area contributed by atoms with Gasteiger partial charge in [-0.1, -0.05) is 82.9 Å². The van der Waals surface area contributed by atoms with Crippen molar-refractivity contribution in [2.24, 2.45) is 0 Å². The normalized spacial score (nSPS) is 11.0. The second-order valence-corrected chi connectivity index (χ2v) is 7.53. The maximum Gasteiger partial charge on any atom is 2.00 e. The van der Waals surface area contributed by atoms with Gasteiger partial charge in [-0.05, 0) is 18.6 Å². The predicted octanol–water partition coefficient (Wildman–Crippen LogP) is 5.16. The Bertz CT molecular complexity index is 484. The molecule has 0 saturated heterocycles. The second kappa shape index (κ2) is 14.8. The molecule has 0 spiro atoms. The van der Waals surface area contributed by atoms with Crippen LogP contribution in [0, 0.1) is 0 Å². The number of hydrogen-bond donors (Lipinski definition) is 0. The molecule has 1 aromatic rings. The number of benzene rings is 1. The summed E-state index contributed by atoms with van der Waals surface area (Å²) in [5, 5.41) is 0. The molecule has 5 heteroatoms. The minimum Gasteiger partial charge on any atom is -1.00 e. The second-order valence-electron chi connectivity index (χ2n) is 5.84. The van der Waals surface area contributed by atoms with Gasteiger partial charge in [0.25, 0.3) is 0 Å². The molecule has 0 saturated carbocycles. The molecular formula is C18H32BaO3S. The van der Waals surface area contributed by atoms with Crippen LogP contribution in [-0.2, 0) is 10.1 Å². The van der Waals surface area contributed by atoms with E-state index >= 15 is 0 Å². The molecule has 0 radical (unpaired) electrons. The third-order valence-electron chi connectivity index (χ3n) is 3.71. The van der Waals surface area contributed by atoms with Crippen LogP contribution in [0.25, 0.3) is 0 Å². The molecule has 0 aromatic heterocycles. The van der Waals surface area contributed by atoms with Gasteiger partial charge in [-0.15, -0.1) is 0 Å². The van der Waals surface area contributed by atoms with Crippen molar-refractivity contribution in [3.63, 3.8) is 0 Å². The molecule has 3 nitrogen and oxygen atoms in total. The molecule has 0 aliphatic rings. The van der Waals surface area contributed by atoms with Crippen molar-refractivity contribution in [2.45, 2.75) is 71.1 Å². The third kappa shape index (κ3) is 13.5. The average molecular weight is 466 g/mol. The van der Waals surface area contributed by atoms with E-state index in [1.165, 1.54) is 44.9 Å². The first-order valence-electron chi connectivity index (χ1n) is 8.61. The van der Waals surface area contributed by atoms with Gasteiger partial charge in [0.2, 0.25) is 0 Å². The van der Waals surface area contributed by atoms with Crippen LogP contribution in [0.3, 0.4) is 0 Å². The Hall–Kier alpha value is 0.541. The zero-order chi connectivity index (χ0) is 16.1. The first-order chi connectivity index (χ1) is 10.6. The Morgan fingerprint density at radius 3 is 1.83 bits per heavy atom. The van der Waals surface area contributed by atoms with E-state index in [1.54, 1.807) is 24.3 Å². The molecule has 1 aromatic carbocycles. The Labute approximate surface area is 185 Å². The Kier molecular flexibility index (Phi) is 15.2. The first-order valence-corrected chi connectivity index (χ1v) is 10.2. The van der Waals surface area contributed by atoms with Crippen molar-refractivity contribution < 1.29 is 15.5 Å². The molecule has 1 rings (SSSR count). The summed E-state index contributed by atoms with van der Waals surface area (Å²) in [5.74, 6) is 0.507. The summed E-state index contributed by atoms with van der Waals surface area (Å²) in [6.45, 7) is 2.23. The SMILES string of the molecule is CCCCCCCCCCCCS(=O)(=O)Oc1ccccc1.[Ba+2].[H-].[H-]. The molecule has 130 valence electrons. The van der Waals surface area contributed by atoms with Gasteiger partial charge in [0.05, 0.1) is 5.75 Å². The fourth-order valence-electron chi connectivity index (χ4n) is 2.43. The van der Waals surface area contributed by atoms with E-state index < -0.39 is 10.1 Å². The van der Waals surface area contributed by atoms with E-state index in [4.69, 9.17) is 4.18 Å². The van der Waals surface area contributed by atoms with Crippen molar-refractivity contribution in [1.29, 1.82) is 0 Å². The maximum absolute atomic E-state index is 11.8. The summed E-state index contributed by atoms with van der Waals surface area (Å²) >= 11 is 0. The van der Waals surface area contributed by atoms with Gasteiger partial charge in [-0.2, -0.15) is 8.42 Å². The minimum atomic E-state index is -3.44. The first kappa shape index (κ1) is 23.5. The fourth-order valence-corrected chi connectivity index (χ4v) is 3.48. The van der Waals surface area contributed by atoms with Crippen LogP contribution in [0.4, 0.5) is 0 Å². The van der Waals surface area contributed by atoms with E-state index in [-0.39, 0.29) is 57.5 Å². The van der Waals surface area contributed by atoms with E-state index in [0.717, 1.165) is 12.8 Å². The summed E-state index contributed by atoms with van der Waals surface area (Å²) in [6, 6.07) is 8.70. The van der Waals surface area contributed by atoms with Gasteiger partial charge in [-0.3, -0.25) is 0 Å². The van der Waals surface area contributed by atoms with Gasteiger partial charge < -0.3 is 7.04 Å². The van der Waals surface area contributed by atoms with Crippen molar-refractivity contribution in [2.75, 3.05) is 5.75 Å². The van der Waals surface area contributed by atoms with E-state index in [1.807, 2.05) is 6.07 Å². The third-order valence-corrected chi connectivity index (χ3v) is 4.95. The molecule has 0 unspecified atom stereocenters. The smallest absolute Gasteiger partial charge is 1.00 e. The molecular weight excluding hydrogens is 434 g/mol. The number of unbranched alkanes of at least 4 members (excludes halogenated alkanes) is 9. The van der Waals surface area contributed by atoms with Crippen LogP contribution in [0.1, 0.15) is 74.0 Å². The standard InChI is InChI=1S/C18H30O3S.Ba.2H/c1-2-3-4-5-6-7-8-9-10-14-17-22(19,20)21-18-15-12-11-13-16-18;;;/h11-13,15-16H,2-10,14,17H2,1H3;;;/q;+2;2*-1. The zero-order valence-corrected chi connectivity index (χ0v) is 19.8. The molecule has 0 heterocycles. The summed E-state index contributed by atoms with van der Waals surface area (Å²) in [6.07, 6.45) is 11.9. The van der Waals surface area contributed by atoms with Crippen molar-refractivity contribution in [1.82, 2.24) is 0 Å². The quantitative estimate of drug-likeness (QED) is 0.229. The topological polar surface area (TPSA) is 43.4 Å². The van der Waals surface area contributed by atoms with Gasteiger partial charge >= 0.3 is 59.0 Å². The molecule has 0 aliphatic heterocycles. The number of para-hydroxylation sites is 1. The van der Waals surface area contributed by atoms with Crippen LogP contribution in [-0.4, -0.2) is 63.1 Å². The van der Waals surface area contributed by atoms with Gasteiger partial charge in [0.1, 0.15) is 5.75 Å². The van der Waals surface area contributed by atoms with Crippen LogP contribution in [0.5, 0.6) is 5.75 Å². The van der Waals surface area contributed by atoms with E-state index in [2.05, 4.69) is 6.92 Å². The zero-order valence-electron chi connectivity index (χ0n) is 16.5. The van der Waals surface area contributed by atoms with Crippen molar-refractivity contribution in [3.05, 3.63) is 30.3 Å². The summed E-state index contributed by atoms with van der Waals surface area (Å²) in [5.41, 5.74) is 0. The van der Waals surface area contributed by atoms with Crippen molar-refractivity contribution >= 4 is 59.0 Å². The molecule has 0 bridgehead atoms. The van der Waals surface area contributed by atoms with E-state index in [9.17, 15) is 8.42 Å².